The third-order valence-electron chi connectivity index (χ3n) is 1.97. The molecule has 6 heteroatoms. The first-order valence-electron chi connectivity index (χ1n) is 4.37. The van der Waals surface area contributed by atoms with E-state index >= 15 is 0 Å². The second-order valence-electron chi connectivity index (χ2n) is 2.93. The van der Waals surface area contributed by atoms with Crippen LogP contribution in [0.5, 0.6) is 0 Å². The fraction of sp³-hybridized carbons (Fsp3) is 1.00. The molecule has 0 amide bonds. The van der Waals surface area contributed by atoms with Crippen molar-refractivity contribution in [2.24, 2.45) is 0 Å². The van der Waals surface area contributed by atoms with Crippen LogP contribution >= 0.6 is 0 Å². The van der Waals surface area contributed by atoms with Crippen molar-refractivity contribution in [3.05, 3.63) is 0 Å². The zero-order valence-electron chi connectivity index (χ0n) is 7.82. The van der Waals surface area contributed by atoms with Crippen LogP contribution in [0.3, 0.4) is 0 Å². The Bertz CT molecular complexity index is 234. The highest BCUT2D eigenvalue weighted by molar-refractivity contribution is 7.89. The Morgan fingerprint density at radius 3 is 2.54 bits per heavy atom. The van der Waals surface area contributed by atoms with Crippen LogP contribution in [0.1, 0.15) is 0 Å². The molecule has 0 aromatic carbocycles. The quantitative estimate of drug-likeness (QED) is 0.635. The molecule has 0 radical (unpaired) electrons. The Balaban J connectivity index is 2.47. The molecule has 1 N–H and O–H groups in total. The van der Waals surface area contributed by atoms with Gasteiger partial charge < -0.3 is 10.1 Å². The molecule has 0 aliphatic carbocycles. The van der Waals surface area contributed by atoms with Gasteiger partial charge in [-0.1, -0.05) is 0 Å². The highest BCUT2D eigenvalue weighted by atomic mass is 32.2. The van der Waals surface area contributed by atoms with E-state index < -0.39 is 10.0 Å². The zero-order chi connectivity index (χ0) is 9.73. The van der Waals surface area contributed by atoms with E-state index in [9.17, 15) is 8.42 Å². The van der Waals surface area contributed by atoms with Gasteiger partial charge in [-0.25, -0.2) is 8.42 Å². The van der Waals surface area contributed by atoms with Crippen molar-refractivity contribution in [2.75, 3.05) is 45.6 Å². The smallest absolute Gasteiger partial charge is 0.215 e. The summed E-state index contributed by atoms with van der Waals surface area (Å²) in [6, 6.07) is 0. The van der Waals surface area contributed by atoms with E-state index in [2.05, 4.69) is 5.32 Å². The molecule has 1 rings (SSSR count). The maximum atomic E-state index is 11.6. The molecule has 1 fully saturated rings. The minimum absolute atomic E-state index is 0.170. The lowest BCUT2D eigenvalue weighted by Gasteiger charge is -2.25. The summed E-state index contributed by atoms with van der Waals surface area (Å²) in [4.78, 5) is 0. The molecule has 0 bridgehead atoms. The summed E-state index contributed by atoms with van der Waals surface area (Å²) in [5, 5.41) is 2.83. The molecule has 13 heavy (non-hydrogen) atoms. The molecule has 1 aliphatic rings. The van der Waals surface area contributed by atoms with E-state index in [1.807, 2.05) is 0 Å². The zero-order valence-corrected chi connectivity index (χ0v) is 8.64. The van der Waals surface area contributed by atoms with Gasteiger partial charge in [-0.3, -0.25) is 0 Å². The molecule has 0 unspecified atom stereocenters. The van der Waals surface area contributed by atoms with Crippen LogP contribution in [0.4, 0.5) is 0 Å². The summed E-state index contributed by atoms with van der Waals surface area (Å²) in [5.74, 6) is 0.170. The molecule has 0 aromatic heterocycles. The number of nitrogens with zero attached hydrogens (tertiary/aromatic N) is 1. The van der Waals surface area contributed by atoms with Gasteiger partial charge in [0.15, 0.2) is 0 Å². The van der Waals surface area contributed by atoms with Crippen LogP contribution in [-0.4, -0.2) is 58.4 Å². The molecule has 1 heterocycles. The highest BCUT2D eigenvalue weighted by Gasteiger charge is 2.23. The van der Waals surface area contributed by atoms with Crippen molar-refractivity contribution in [1.29, 1.82) is 0 Å². The Kier molecular flexibility index (Phi) is 4.11. The number of hydrogen-bond acceptors (Lipinski definition) is 4. The Morgan fingerprint density at radius 1 is 1.38 bits per heavy atom. The summed E-state index contributed by atoms with van der Waals surface area (Å²) in [5.41, 5.74) is 0. The Labute approximate surface area is 79.1 Å². The van der Waals surface area contributed by atoms with Crippen LogP contribution in [0, 0.1) is 0 Å². The average molecular weight is 208 g/mol. The molecule has 0 spiro atoms. The Morgan fingerprint density at radius 2 is 2.00 bits per heavy atom. The van der Waals surface area contributed by atoms with Gasteiger partial charge in [-0.2, -0.15) is 4.31 Å². The van der Waals surface area contributed by atoms with Gasteiger partial charge in [0.05, 0.1) is 19.0 Å². The molecule has 78 valence electrons. The number of ether oxygens (including phenoxy) is 1. The second-order valence-corrected chi connectivity index (χ2v) is 5.02. The van der Waals surface area contributed by atoms with E-state index in [1.54, 1.807) is 7.05 Å². The molecular formula is C7H16N2O3S. The van der Waals surface area contributed by atoms with Crippen molar-refractivity contribution >= 4 is 10.0 Å². The van der Waals surface area contributed by atoms with Crippen LogP contribution in [0.25, 0.3) is 0 Å². The van der Waals surface area contributed by atoms with Gasteiger partial charge in [-0.15, -0.1) is 0 Å². The predicted molar refractivity (Wildman–Crippen MR) is 50.1 cm³/mol. The summed E-state index contributed by atoms with van der Waals surface area (Å²) < 4.78 is 29.7. The first-order valence-corrected chi connectivity index (χ1v) is 5.98. The van der Waals surface area contributed by atoms with Crippen LogP contribution in [0.15, 0.2) is 0 Å². The van der Waals surface area contributed by atoms with Gasteiger partial charge in [-0.05, 0) is 7.05 Å². The SMILES string of the molecule is CNCCS(=O)(=O)N1CCOCC1. The van der Waals surface area contributed by atoms with Crippen molar-refractivity contribution < 1.29 is 13.2 Å². The minimum Gasteiger partial charge on any atom is -0.379 e. The number of hydrogen-bond donors (Lipinski definition) is 1. The minimum atomic E-state index is -3.05. The number of rotatable bonds is 4. The summed E-state index contributed by atoms with van der Waals surface area (Å²) in [6.45, 7) is 2.51. The van der Waals surface area contributed by atoms with Crippen molar-refractivity contribution in [3.8, 4) is 0 Å². The maximum absolute atomic E-state index is 11.6. The van der Waals surface area contributed by atoms with E-state index in [1.165, 1.54) is 4.31 Å². The maximum Gasteiger partial charge on any atom is 0.215 e. The van der Waals surface area contributed by atoms with Gasteiger partial charge in [0.2, 0.25) is 10.0 Å². The van der Waals surface area contributed by atoms with E-state index in [-0.39, 0.29) is 5.75 Å². The molecule has 1 saturated heterocycles. The lowest BCUT2D eigenvalue weighted by atomic mass is 10.5. The van der Waals surface area contributed by atoms with Crippen molar-refractivity contribution in [1.82, 2.24) is 9.62 Å². The largest absolute Gasteiger partial charge is 0.379 e. The molecular weight excluding hydrogens is 192 g/mol. The average Bonchev–Trinajstić information content (AvgIpc) is 2.16. The van der Waals surface area contributed by atoms with Gasteiger partial charge >= 0.3 is 0 Å². The van der Waals surface area contributed by atoms with Crippen molar-refractivity contribution in [2.45, 2.75) is 0 Å². The fourth-order valence-electron chi connectivity index (χ4n) is 1.18. The topological polar surface area (TPSA) is 58.6 Å². The highest BCUT2D eigenvalue weighted by Crippen LogP contribution is 2.04. The summed E-state index contributed by atoms with van der Waals surface area (Å²) in [6.07, 6.45) is 0. The van der Waals surface area contributed by atoms with Crippen molar-refractivity contribution in [3.63, 3.8) is 0 Å². The monoisotopic (exact) mass is 208 g/mol. The number of morpholine rings is 1. The number of sulfonamides is 1. The molecule has 0 aromatic rings. The van der Waals surface area contributed by atoms with E-state index in [0.717, 1.165) is 0 Å². The molecule has 0 atom stereocenters. The molecule has 0 saturated carbocycles. The first-order chi connectivity index (χ1) is 6.17. The standard InChI is InChI=1S/C7H16N2O3S/c1-8-2-7-13(10,11)9-3-5-12-6-4-9/h8H,2-7H2,1H3. The summed E-state index contributed by atoms with van der Waals surface area (Å²) in [7, 11) is -1.31. The molecule has 1 aliphatic heterocycles. The lowest BCUT2D eigenvalue weighted by molar-refractivity contribution is 0.0730. The van der Waals surface area contributed by atoms with Crippen LogP contribution < -0.4 is 5.32 Å². The molecule has 5 nitrogen and oxygen atoms in total. The van der Waals surface area contributed by atoms with Gasteiger partial charge in [0.1, 0.15) is 0 Å². The Hall–Kier alpha value is -0.170. The third-order valence-corrected chi connectivity index (χ3v) is 3.85. The van der Waals surface area contributed by atoms with Gasteiger partial charge in [0.25, 0.3) is 0 Å². The third kappa shape index (κ3) is 3.22. The first kappa shape index (κ1) is 10.9. The van der Waals surface area contributed by atoms with Gasteiger partial charge in [0, 0.05) is 19.6 Å². The number of nitrogens with one attached hydrogen (secondary N) is 1. The fourth-order valence-corrected chi connectivity index (χ4v) is 2.61. The second kappa shape index (κ2) is 4.90. The normalized spacial score (nSPS) is 20.4. The predicted octanol–water partition coefficient (Wildman–Crippen LogP) is -1.13. The van der Waals surface area contributed by atoms with E-state index in [0.29, 0.717) is 32.8 Å². The van der Waals surface area contributed by atoms with E-state index in [4.69, 9.17) is 4.74 Å². The van der Waals surface area contributed by atoms with Crippen LogP contribution in [-0.2, 0) is 14.8 Å². The lowest BCUT2D eigenvalue weighted by Crippen LogP contribution is -2.43. The summed E-state index contributed by atoms with van der Waals surface area (Å²) >= 11 is 0. The van der Waals surface area contributed by atoms with Crippen LogP contribution in [0.2, 0.25) is 0 Å².